The third-order valence-corrected chi connectivity index (χ3v) is 2.52. The monoisotopic (exact) mass is 228 g/mol. The van der Waals surface area contributed by atoms with Gasteiger partial charge in [-0.25, -0.2) is 4.79 Å². The molecule has 84 valence electrons. The number of benzene rings is 1. The van der Waals surface area contributed by atoms with Crippen molar-refractivity contribution in [3.63, 3.8) is 0 Å². The molecule has 2 heterocycles. The third-order valence-electron chi connectivity index (χ3n) is 2.52. The molecule has 0 fully saturated rings. The summed E-state index contributed by atoms with van der Waals surface area (Å²) in [4.78, 5) is 14.6. The zero-order valence-electron chi connectivity index (χ0n) is 8.70. The number of carboxylic acid groups (broad SMARTS) is 1. The summed E-state index contributed by atoms with van der Waals surface area (Å²) in [6.45, 7) is 0. The maximum absolute atomic E-state index is 10.7. The summed E-state index contributed by atoms with van der Waals surface area (Å²) < 4.78 is 6.86. The van der Waals surface area contributed by atoms with E-state index in [0.717, 1.165) is 17.2 Å². The molecule has 5 nitrogen and oxygen atoms in total. The summed E-state index contributed by atoms with van der Waals surface area (Å²) in [6.07, 6.45) is 2.93. The van der Waals surface area contributed by atoms with Crippen LogP contribution in [0, 0.1) is 0 Å². The van der Waals surface area contributed by atoms with E-state index in [1.165, 1.54) is 0 Å². The molecular weight excluding hydrogens is 220 g/mol. The van der Waals surface area contributed by atoms with E-state index in [2.05, 4.69) is 4.98 Å². The summed E-state index contributed by atoms with van der Waals surface area (Å²) >= 11 is 0. The van der Waals surface area contributed by atoms with Gasteiger partial charge < -0.3 is 9.52 Å². The highest BCUT2D eigenvalue weighted by Gasteiger charge is 2.12. The van der Waals surface area contributed by atoms with Gasteiger partial charge in [-0.3, -0.25) is 4.57 Å². The quantitative estimate of drug-likeness (QED) is 0.730. The summed E-state index contributed by atoms with van der Waals surface area (Å²) in [6, 6.07) is 9.89. The Hall–Kier alpha value is -2.56. The first kappa shape index (κ1) is 9.65. The molecule has 3 aromatic rings. The van der Waals surface area contributed by atoms with Crippen LogP contribution in [-0.4, -0.2) is 20.6 Å². The molecule has 5 heteroatoms. The fourth-order valence-electron chi connectivity index (χ4n) is 1.72. The molecule has 0 spiro atoms. The molecule has 0 aliphatic rings. The van der Waals surface area contributed by atoms with Crippen LogP contribution in [0.15, 0.2) is 47.2 Å². The minimum atomic E-state index is -1.10. The molecule has 0 amide bonds. The second-order valence-electron chi connectivity index (χ2n) is 3.57. The molecule has 1 aromatic carbocycles. The Balaban J connectivity index is 2.17. The summed E-state index contributed by atoms with van der Waals surface area (Å²) in [7, 11) is 0. The van der Waals surface area contributed by atoms with E-state index in [1.807, 2.05) is 30.3 Å². The van der Waals surface area contributed by atoms with Gasteiger partial charge in [0.25, 0.3) is 0 Å². The SMILES string of the molecule is O=C(O)c1coc(-n2ccc3ccccc32)n1. The number of hydrogen-bond acceptors (Lipinski definition) is 3. The van der Waals surface area contributed by atoms with E-state index in [9.17, 15) is 4.79 Å². The fraction of sp³-hybridized carbons (Fsp3) is 0. The van der Waals surface area contributed by atoms with Gasteiger partial charge in [0.2, 0.25) is 0 Å². The van der Waals surface area contributed by atoms with Crippen molar-refractivity contribution in [3.8, 4) is 6.01 Å². The normalized spacial score (nSPS) is 10.8. The van der Waals surface area contributed by atoms with Crippen LogP contribution in [-0.2, 0) is 0 Å². The van der Waals surface area contributed by atoms with E-state index in [4.69, 9.17) is 9.52 Å². The standard InChI is InChI=1S/C12H8N2O3/c15-11(16)9-7-17-12(13-9)14-6-5-8-3-1-2-4-10(8)14/h1-7H,(H,15,16). The van der Waals surface area contributed by atoms with Crippen LogP contribution in [0.5, 0.6) is 0 Å². The molecule has 0 saturated heterocycles. The van der Waals surface area contributed by atoms with E-state index in [0.29, 0.717) is 0 Å². The van der Waals surface area contributed by atoms with Crippen LogP contribution in [0.3, 0.4) is 0 Å². The molecule has 0 aliphatic carbocycles. The predicted molar refractivity (Wildman–Crippen MR) is 60.3 cm³/mol. The summed E-state index contributed by atoms with van der Waals surface area (Å²) in [5.74, 6) is -1.10. The molecule has 3 rings (SSSR count). The number of aromatic nitrogens is 2. The number of carboxylic acids is 1. The number of oxazole rings is 1. The topological polar surface area (TPSA) is 68.3 Å². The minimum absolute atomic E-state index is 0.0993. The Morgan fingerprint density at radius 3 is 2.88 bits per heavy atom. The smallest absolute Gasteiger partial charge is 0.357 e. The molecule has 2 aromatic heterocycles. The maximum atomic E-state index is 10.7. The van der Waals surface area contributed by atoms with Crippen LogP contribution in [0.2, 0.25) is 0 Å². The zero-order chi connectivity index (χ0) is 11.8. The second kappa shape index (κ2) is 3.48. The number of hydrogen-bond donors (Lipinski definition) is 1. The molecule has 17 heavy (non-hydrogen) atoms. The lowest BCUT2D eigenvalue weighted by atomic mass is 10.2. The van der Waals surface area contributed by atoms with Crippen LogP contribution in [0.4, 0.5) is 0 Å². The van der Waals surface area contributed by atoms with Crippen molar-refractivity contribution < 1.29 is 14.3 Å². The van der Waals surface area contributed by atoms with E-state index >= 15 is 0 Å². The number of fused-ring (bicyclic) bond motifs is 1. The molecule has 0 aliphatic heterocycles. The van der Waals surface area contributed by atoms with Crippen LogP contribution >= 0.6 is 0 Å². The minimum Gasteiger partial charge on any atom is -0.476 e. The van der Waals surface area contributed by atoms with Gasteiger partial charge in [-0.05, 0) is 12.1 Å². The van der Waals surface area contributed by atoms with Crippen molar-refractivity contribution in [2.45, 2.75) is 0 Å². The molecule has 0 radical (unpaired) electrons. The molecule has 0 bridgehead atoms. The summed E-state index contributed by atoms with van der Waals surface area (Å²) in [5, 5.41) is 9.82. The van der Waals surface area contributed by atoms with Crippen molar-refractivity contribution >= 4 is 16.9 Å². The van der Waals surface area contributed by atoms with Crippen LogP contribution in [0.25, 0.3) is 16.9 Å². The molecule has 0 unspecified atom stereocenters. The van der Waals surface area contributed by atoms with Crippen LogP contribution < -0.4 is 0 Å². The lowest BCUT2D eigenvalue weighted by molar-refractivity contribution is 0.0690. The lowest BCUT2D eigenvalue weighted by Crippen LogP contribution is -1.98. The Labute approximate surface area is 95.9 Å². The second-order valence-corrected chi connectivity index (χ2v) is 3.57. The number of para-hydroxylation sites is 1. The summed E-state index contributed by atoms with van der Waals surface area (Å²) in [5.41, 5.74) is 0.823. The fourth-order valence-corrected chi connectivity index (χ4v) is 1.72. The van der Waals surface area contributed by atoms with Gasteiger partial charge in [-0.2, -0.15) is 4.98 Å². The Morgan fingerprint density at radius 1 is 1.29 bits per heavy atom. The Bertz CT molecular complexity index is 696. The van der Waals surface area contributed by atoms with Crippen molar-refractivity contribution in [1.82, 2.24) is 9.55 Å². The maximum Gasteiger partial charge on any atom is 0.357 e. The van der Waals surface area contributed by atoms with Gasteiger partial charge in [0.15, 0.2) is 5.69 Å². The van der Waals surface area contributed by atoms with Gasteiger partial charge in [0, 0.05) is 11.6 Å². The van der Waals surface area contributed by atoms with Gasteiger partial charge in [0.05, 0.1) is 5.52 Å². The Morgan fingerprint density at radius 2 is 2.12 bits per heavy atom. The largest absolute Gasteiger partial charge is 0.476 e. The molecule has 0 saturated carbocycles. The van der Waals surface area contributed by atoms with E-state index < -0.39 is 5.97 Å². The number of rotatable bonds is 2. The van der Waals surface area contributed by atoms with Crippen molar-refractivity contribution in [2.75, 3.05) is 0 Å². The van der Waals surface area contributed by atoms with Crippen LogP contribution in [0.1, 0.15) is 10.5 Å². The highest BCUT2D eigenvalue weighted by Crippen LogP contribution is 2.19. The van der Waals surface area contributed by atoms with Gasteiger partial charge in [-0.1, -0.05) is 18.2 Å². The predicted octanol–water partition coefficient (Wildman–Crippen LogP) is 2.32. The van der Waals surface area contributed by atoms with Crippen molar-refractivity contribution in [1.29, 1.82) is 0 Å². The van der Waals surface area contributed by atoms with Gasteiger partial charge in [-0.15, -0.1) is 0 Å². The van der Waals surface area contributed by atoms with Gasteiger partial charge >= 0.3 is 12.0 Å². The van der Waals surface area contributed by atoms with E-state index in [-0.39, 0.29) is 11.7 Å². The Kier molecular flexibility index (Phi) is 1.98. The molecule has 1 N–H and O–H groups in total. The first-order valence-corrected chi connectivity index (χ1v) is 5.01. The van der Waals surface area contributed by atoms with Crippen molar-refractivity contribution in [2.24, 2.45) is 0 Å². The zero-order valence-corrected chi connectivity index (χ0v) is 8.70. The number of carbonyl (C=O) groups is 1. The number of nitrogens with zero attached hydrogens (tertiary/aromatic N) is 2. The molecular formula is C12H8N2O3. The van der Waals surface area contributed by atoms with E-state index in [1.54, 1.807) is 10.8 Å². The average molecular weight is 228 g/mol. The first-order chi connectivity index (χ1) is 8.25. The molecule has 0 atom stereocenters. The van der Waals surface area contributed by atoms with Gasteiger partial charge in [0.1, 0.15) is 6.26 Å². The highest BCUT2D eigenvalue weighted by atomic mass is 16.4. The highest BCUT2D eigenvalue weighted by molar-refractivity contribution is 5.85. The average Bonchev–Trinajstić information content (AvgIpc) is 2.95. The lowest BCUT2D eigenvalue weighted by Gasteiger charge is -1.97. The van der Waals surface area contributed by atoms with Crippen molar-refractivity contribution in [3.05, 3.63) is 48.5 Å². The number of aromatic carboxylic acids is 1. The first-order valence-electron chi connectivity index (χ1n) is 5.01. The third kappa shape index (κ3) is 1.48.